The van der Waals surface area contributed by atoms with Gasteiger partial charge in [0.05, 0.1) is 5.69 Å². The summed E-state index contributed by atoms with van der Waals surface area (Å²) in [7, 11) is 4.12. The second-order valence-electron chi connectivity index (χ2n) is 3.91. The summed E-state index contributed by atoms with van der Waals surface area (Å²) in [5.74, 6) is 0.685. The van der Waals surface area contributed by atoms with Gasteiger partial charge in [-0.15, -0.1) is 11.3 Å². The van der Waals surface area contributed by atoms with Gasteiger partial charge >= 0.3 is 0 Å². The third kappa shape index (κ3) is 2.07. The molecule has 2 rings (SSSR count). The molecule has 0 bridgehead atoms. The van der Waals surface area contributed by atoms with Gasteiger partial charge in [0.1, 0.15) is 0 Å². The Hall–Kier alpha value is -0.610. The molecule has 1 fully saturated rings. The van der Waals surface area contributed by atoms with E-state index in [2.05, 4.69) is 27.6 Å². The van der Waals surface area contributed by atoms with Crippen LogP contribution in [0.3, 0.4) is 0 Å². The number of likely N-dealkylation sites (tertiary alicyclic amines) is 1. The van der Waals surface area contributed by atoms with Crippen molar-refractivity contribution in [2.24, 2.45) is 0 Å². The molecular formula is C10H17N3S. The van der Waals surface area contributed by atoms with E-state index in [1.807, 2.05) is 7.05 Å². The minimum Gasteiger partial charge on any atom is -0.365 e. The third-order valence-corrected chi connectivity index (χ3v) is 3.75. The number of thiazole rings is 1. The summed E-state index contributed by atoms with van der Waals surface area (Å²) in [4.78, 5) is 6.96. The van der Waals surface area contributed by atoms with Gasteiger partial charge in [0.2, 0.25) is 0 Å². The van der Waals surface area contributed by atoms with E-state index in [9.17, 15) is 0 Å². The van der Waals surface area contributed by atoms with Crippen LogP contribution in [0.4, 0.5) is 5.13 Å². The predicted molar refractivity (Wildman–Crippen MR) is 61.1 cm³/mol. The maximum Gasteiger partial charge on any atom is 0.182 e. The van der Waals surface area contributed by atoms with Crippen molar-refractivity contribution in [3.63, 3.8) is 0 Å². The van der Waals surface area contributed by atoms with Crippen LogP contribution in [0.25, 0.3) is 0 Å². The fourth-order valence-corrected chi connectivity index (χ4v) is 2.65. The monoisotopic (exact) mass is 211 g/mol. The van der Waals surface area contributed by atoms with Crippen LogP contribution in [0.5, 0.6) is 0 Å². The summed E-state index contributed by atoms with van der Waals surface area (Å²) in [6.45, 7) is 2.41. The van der Waals surface area contributed by atoms with Crippen molar-refractivity contribution in [2.75, 3.05) is 32.5 Å². The molecule has 78 valence electrons. The molecule has 1 aliphatic rings. The van der Waals surface area contributed by atoms with Gasteiger partial charge in [-0.25, -0.2) is 4.98 Å². The molecule has 0 unspecified atom stereocenters. The Morgan fingerprint density at radius 3 is 2.79 bits per heavy atom. The van der Waals surface area contributed by atoms with Crippen LogP contribution in [0.2, 0.25) is 0 Å². The van der Waals surface area contributed by atoms with Gasteiger partial charge in [-0.3, -0.25) is 0 Å². The molecule has 2 heterocycles. The number of anilines is 1. The number of nitrogens with zero attached hydrogens (tertiary/aromatic N) is 2. The fraction of sp³-hybridized carbons (Fsp3) is 0.700. The van der Waals surface area contributed by atoms with Gasteiger partial charge in [0.15, 0.2) is 5.13 Å². The molecule has 0 amide bonds. The zero-order valence-corrected chi connectivity index (χ0v) is 9.60. The van der Waals surface area contributed by atoms with E-state index in [4.69, 9.17) is 0 Å². The minimum absolute atomic E-state index is 0.685. The molecule has 1 aliphatic heterocycles. The quantitative estimate of drug-likeness (QED) is 0.811. The molecule has 1 N–H and O–H groups in total. The lowest BCUT2D eigenvalue weighted by Gasteiger charge is -2.27. The normalized spacial score (nSPS) is 19.9. The van der Waals surface area contributed by atoms with Crippen LogP contribution in [0.1, 0.15) is 24.5 Å². The van der Waals surface area contributed by atoms with Gasteiger partial charge in [-0.05, 0) is 33.0 Å². The Bertz CT molecular complexity index is 289. The van der Waals surface area contributed by atoms with E-state index < -0.39 is 0 Å². The largest absolute Gasteiger partial charge is 0.365 e. The minimum atomic E-state index is 0.685. The van der Waals surface area contributed by atoms with Crippen molar-refractivity contribution < 1.29 is 0 Å². The number of aromatic nitrogens is 1. The Morgan fingerprint density at radius 2 is 2.21 bits per heavy atom. The van der Waals surface area contributed by atoms with Crippen molar-refractivity contribution in [2.45, 2.75) is 18.8 Å². The van der Waals surface area contributed by atoms with E-state index in [-0.39, 0.29) is 0 Å². The smallest absolute Gasteiger partial charge is 0.182 e. The van der Waals surface area contributed by atoms with Crippen molar-refractivity contribution in [1.29, 1.82) is 0 Å². The first kappa shape index (κ1) is 9.93. The highest BCUT2D eigenvalue weighted by Crippen LogP contribution is 2.29. The van der Waals surface area contributed by atoms with Gasteiger partial charge in [-0.1, -0.05) is 0 Å². The number of nitrogens with one attached hydrogen (secondary N) is 1. The Kier molecular flexibility index (Phi) is 3.03. The summed E-state index contributed by atoms with van der Waals surface area (Å²) in [5.41, 5.74) is 1.28. The molecule has 0 aliphatic carbocycles. The lowest BCUT2D eigenvalue weighted by Crippen LogP contribution is -2.29. The van der Waals surface area contributed by atoms with Crippen LogP contribution in [0, 0.1) is 0 Å². The molecule has 1 aromatic heterocycles. The average molecular weight is 211 g/mol. The highest BCUT2D eigenvalue weighted by Gasteiger charge is 2.20. The molecule has 0 aromatic carbocycles. The lowest BCUT2D eigenvalue weighted by atomic mass is 9.95. The van der Waals surface area contributed by atoms with Crippen LogP contribution >= 0.6 is 11.3 Å². The molecule has 1 saturated heterocycles. The highest BCUT2D eigenvalue weighted by atomic mass is 32.1. The lowest BCUT2D eigenvalue weighted by molar-refractivity contribution is 0.254. The Morgan fingerprint density at radius 1 is 1.50 bits per heavy atom. The first-order chi connectivity index (χ1) is 6.79. The Balaban J connectivity index is 2.01. The SMILES string of the molecule is CNc1nc(C2CCN(C)CC2)cs1. The number of hydrogen-bond donors (Lipinski definition) is 1. The zero-order valence-electron chi connectivity index (χ0n) is 8.79. The molecule has 4 heteroatoms. The topological polar surface area (TPSA) is 28.2 Å². The zero-order chi connectivity index (χ0) is 9.97. The van der Waals surface area contributed by atoms with Gasteiger partial charge in [0, 0.05) is 18.3 Å². The summed E-state index contributed by atoms with van der Waals surface area (Å²) < 4.78 is 0. The number of rotatable bonds is 2. The van der Waals surface area contributed by atoms with Gasteiger partial charge in [-0.2, -0.15) is 0 Å². The first-order valence-electron chi connectivity index (χ1n) is 5.11. The maximum atomic E-state index is 4.57. The third-order valence-electron chi connectivity index (χ3n) is 2.87. The molecule has 0 spiro atoms. The summed E-state index contributed by atoms with van der Waals surface area (Å²) in [5, 5.41) is 6.33. The number of piperidine rings is 1. The van der Waals surface area contributed by atoms with Crippen molar-refractivity contribution in [1.82, 2.24) is 9.88 Å². The standard InChI is InChI=1S/C10H17N3S/c1-11-10-12-9(7-14-10)8-3-5-13(2)6-4-8/h7-8H,3-6H2,1-2H3,(H,11,12). The molecule has 14 heavy (non-hydrogen) atoms. The van der Waals surface area contributed by atoms with Gasteiger partial charge in [0.25, 0.3) is 0 Å². The van der Waals surface area contributed by atoms with E-state index in [1.54, 1.807) is 11.3 Å². The predicted octanol–water partition coefficient (Wildman–Crippen LogP) is 1.99. The van der Waals surface area contributed by atoms with Crippen LogP contribution in [-0.2, 0) is 0 Å². The summed E-state index contributed by atoms with van der Waals surface area (Å²) in [6.07, 6.45) is 2.51. The molecule has 3 nitrogen and oxygen atoms in total. The average Bonchev–Trinajstić information content (AvgIpc) is 2.67. The van der Waals surface area contributed by atoms with E-state index >= 15 is 0 Å². The maximum absolute atomic E-state index is 4.57. The molecule has 0 saturated carbocycles. The van der Waals surface area contributed by atoms with Crippen molar-refractivity contribution in [3.05, 3.63) is 11.1 Å². The van der Waals surface area contributed by atoms with Crippen LogP contribution in [-0.4, -0.2) is 37.1 Å². The van der Waals surface area contributed by atoms with Crippen molar-refractivity contribution in [3.8, 4) is 0 Å². The molecule has 0 atom stereocenters. The molecule has 0 radical (unpaired) electrons. The summed E-state index contributed by atoms with van der Waals surface area (Å²) in [6, 6.07) is 0. The number of hydrogen-bond acceptors (Lipinski definition) is 4. The second-order valence-corrected chi connectivity index (χ2v) is 4.76. The summed E-state index contributed by atoms with van der Waals surface area (Å²) >= 11 is 1.71. The Labute approximate surface area is 89.1 Å². The second kappa shape index (κ2) is 4.28. The van der Waals surface area contributed by atoms with Gasteiger partial charge < -0.3 is 10.2 Å². The first-order valence-corrected chi connectivity index (χ1v) is 5.99. The fourth-order valence-electron chi connectivity index (χ4n) is 1.89. The van der Waals surface area contributed by atoms with Crippen LogP contribution < -0.4 is 5.32 Å². The van der Waals surface area contributed by atoms with Crippen LogP contribution in [0.15, 0.2) is 5.38 Å². The van der Waals surface area contributed by atoms with Crippen molar-refractivity contribution >= 4 is 16.5 Å². The van der Waals surface area contributed by atoms with E-state index in [0.29, 0.717) is 5.92 Å². The molecule has 1 aromatic rings. The highest BCUT2D eigenvalue weighted by molar-refractivity contribution is 7.13. The van der Waals surface area contributed by atoms with E-state index in [0.717, 1.165) is 5.13 Å². The molecular weight excluding hydrogens is 194 g/mol. The van der Waals surface area contributed by atoms with E-state index in [1.165, 1.54) is 31.6 Å².